The van der Waals surface area contributed by atoms with E-state index in [-0.39, 0.29) is 18.2 Å². The molecule has 0 saturated carbocycles. The topological polar surface area (TPSA) is 67.9 Å². The quantitative estimate of drug-likeness (QED) is 0.416. The number of nitrogens with one attached hydrogen (secondary N) is 1. The second-order valence-corrected chi connectivity index (χ2v) is 10.6. The lowest BCUT2D eigenvalue weighted by molar-refractivity contribution is -1.03. The van der Waals surface area contributed by atoms with Gasteiger partial charge in [-0.05, 0) is 22.8 Å². The van der Waals surface area contributed by atoms with E-state index in [0.29, 0.717) is 52.3 Å². The Kier molecular flexibility index (Phi) is 7.91. The molecule has 9 heteroatoms. The summed E-state index contributed by atoms with van der Waals surface area (Å²) < 4.78 is 6.12. The number of carbonyl (C=O) groups excluding carboxylic acids is 2. The summed E-state index contributed by atoms with van der Waals surface area (Å²) in [6.45, 7) is 3.25. The molecule has 2 aliphatic rings. The number of benzene rings is 3. The molecule has 1 fully saturated rings. The summed E-state index contributed by atoms with van der Waals surface area (Å²) in [5.41, 5.74) is 6.51. The molecule has 2 heterocycles. The van der Waals surface area contributed by atoms with Crippen molar-refractivity contribution in [2.45, 2.75) is 18.8 Å². The number of rotatable bonds is 7. The Morgan fingerprint density at radius 1 is 1.00 bits per heavy atom. The van der Waals surface area contributed by atoms with Crippen LogP contribution in [-0.4, -0.2) is 61.3 Å². The lowest BCUT2D eigenvalue weighted by Crippen LogP contribution is -2.66. The molecule has 3 aromatic carbocycles. The van der Waals surface area contributed by atoms with Gasteiger partial charge in [-0.25, -0.2) is 4.59 Å². The largest absolute Gasteiger partial charge is 0.379 e. The molecule has 198 valence electrons. The van der Waals surface area contributed by atoms with Gasteiger partial charge in [0.2, 0.25) is 0 Å². The Morgan fingerprint density at radius 3 is 2.37 bits per heavy atom. The Balaban J connectivity index is 1.31. The van der Waals surface area contributed by atoms with Crippen LogP contribution >= 0.6 is 23.2 Å². The predicted molar refractivity (Wildman–Crippen MR) is 147 cm³/mol. The highest BCUT2D eigenvalue weighted by Gasteiger charge is 2.41. The van der Waals surface area contributed by atoms with Gasteiger partial charge < -0.3 is 9.57 Å². The maximum Gasteiger partial charge on any atom is 0.268 e. The number of halogens is 2. The smallest absolute Gasteiger partial charge is 0.268 e. The molecule has 0 aliphatic carbocycles. The first-order valence-corrected chi connectivity index (χ1v) is 13.4. The van der Waals surface area contributed by atoms with E-state index in [0.717, 1.165) is 13.0 Å². The van der Waals surface area contributed by atoms with Crippen molar-refractivity contribution in [1.82, 2.24) is 10.5 Å². The van der Waals surface area contributed by atoms with E-state index in [2.05, 4.69) is 41.9 Å². The molecule has 0 radical (unpaired) electrons. The van der Waals surface area contributed by atoms with Gasteiger partial charge in [-0.2, -0.15) is 10.5 Å². The molecule has 3 aromatic rings. The first-order chi connectivity index (χ1) is 18.4. The summed E-state index contributed by atoms with van der Waals surface area (Å²) in [6.07, 6.45) is 0.796. The summed E-state index contributed by atoms with van der Waals surface area (Å²) >= 11 is 12.3. The van der Waals surface area contributed by atoms with Gasteiger partial charge in [-0.15, -0.1) is 0 Å². The van der Waals surface area contributed by atoms with Crippen LogP contribution in [0.25, 0.3) is 11.1 Å². The number of ether oxygens (including phenoxy) is 1. The second kappa shape index (κ2) is 11.3. The Bertz CT molecular complexity index is 1310. The van der Waals surface area contributed by atoms with Crippen molar-refractivity contribution in [3.05, 3.63) is 87.9 Å². The van der Waals surface area contributed by atoms with Crippen LogP contribution in [0, 0.1) is 0 Å². The molecule has 1 saturated heterocycles. The molecule has 7 nitrogen and oxygen atoms in total. The molecule has 1 N–H and O–H groups in total. The average molecular weight is 555 g/mol. The lowest BCUT2D eigenvalue weighted by atomic mass is 9.92. The predicted octanol–water partition coefficient (Wildman–Crippen LogP) is 5.02. The zero-order valence-electron chi connectivity index (χ0n) is 21.2. The zero-order chi connectivity index (χ0) is 26.7. The van der Waals surface area contributed by atoms with Crippen molar-refractivity contribution in [3.8, 4) is 16.9 Å². The van der Waals surface area contributed by atoms with Gasteiger partial charge in [-0.1, -0.05) is 77.8 Å². The second-order valence-electron chi connectivity index (χ2n) is 9.74. The van der Waals surface area contributed by atoms with Crippen LogP contribution in [0.2, 0.25) is 10.0 Å². The molecule has 2 aliphatic heterocycles. The number of quaternary nitrogens is 1. The molecule has 0 aromatic heterocycles. The third kappa shape index (κ3) is 5.52. The van der Waals surface area contributed by atoms with E-state index >= 15 is 0 Å². The van der Waals surface area contributed by atoms with Crippen molar-refractivity contribution in [1.29, 1.82) is 0 Å². The van der Waals surface area contributed by atoms with Gasteiger partial charge in [0.25, 0.3) is 11.8 Å². The van der Waals surface area contributed by atoms with Crippen molar-refractivity contribution in [2.24, 2.45) is 0 Å². The number of hydrogen-bond donors (Lipinski definition) is 1. The number of carbonyl (C=O) groups is 2. The Hall–Kier alpha value is -3.10. The third-order valence-electron chi connectivity index (χ3n) is 7.56. The summed E-state index contributed by atoms with van der Waals surface area (Å²) in [5, 5.41) is 2.41. The Labute approximate surface area is 232 Å². The molecule has 1 unspecified atom stereocenters. The number of hydrogen-bond acceptors (Lipinski definition) is 4. The molecular formula is C29H30Cl2N3O4+. The molecule has 5 rings (SSSR count). The highest BCUT2D eigenvalue weighted by molar-refractivity contribution is 6.42. The van der Waals surface area contributed by atoms with Gasteiger partial charge in [0, 0.05) is 24.5 Å². The van der Waals surface area contributed by atoms with E-state index in [1.54, 1.807) is 17.1 Å². The van der Waals surface area contributed by atoms with Crippen LogP contribution in [0.5, 0.6) is 5.75 Å². The molecule has 0 spiro atoms. The fourth-order valence-corrected chi connectivity index (χ4v) is 5.48. The van der Waals surface area contributed by atoms with Crippen LogP contribution in [0.1, 0.15) is 23.5 Å². The third-order valence-corrected chi connectivity index (χ3v) is 8.29. The minimum absolute atomic E-state index is 0.0106. The van der Waals surface area contributed by atoms with Gasteiger partial charge in [0.15, 0.2) is 5.75 Å². The SMILES string of the molecule is CN(C(=O)CC1C(=O)NOc2cc(Cl)c(Cl)cc21)[N+]1(CCc2ccc(-c3ccccc3)cc2)CCOCC1. The fraction of sp³-hybridized carbons (Fsp3) is 0.310. The van der Waals surface area contributed by atoms with Crippen molar-refractivity contribution >= 4 is 35.0 Å². The summed E-state index contributed by atoms with van der Waals surface area (Å²) in [6, 6.07) is 22.0. The minimum Gasteiger partial charge on any atom is -0.379 e. The van der Waals surface area contributed by atoms with E-state index < -0.39 is 5.92 Å². The van der Waals surface area contributed by atoms with Gasteiger partial charge >= 0.3 is 0 Å². The maximum atomic E-state index is 13.6. The van der Waals surface area contributed by atoms with Gasteiger partial charge in [0.05, 0.1) is 36.2 Å². The van der Waals surface area contributed by atoms with E-state index in [1.807, 2.05) is 25.2 Å². The number of amides is 2. The van der Waals surface area contributed by atoms with Crippen LogP contribution in [0.15, 0.2) is 66.7 Å². The van der Waals surface area contributed by atoms with Crippen molar-refractivity contribution in [2.75, 3.05) is 39.9 Å². The van der Waals surface area contributed by atoms with Crippen LogP contribution < -0.4 is 10.3 Å². The van der Waals surface area contributed by atoms with Crippen molar-refractivity contribution < 1.29 is 23.8 Å². The fourth-order valence-electron chi connectivity index (χ4n) is 5.16. The summed E-state index contributed by atoms with van der Waals surface area (Å²) in [7, 11) is 1.82. The monoisotopic (exact) mass is 554 g/mol. The van der Waals surface area contributed by atoms with E-state index in [4.69, 9.17) is 32.8 Å². The van der Waals surface area contributed by atoms with Crippen molar-refractivity contribution in [3.63, 3.8) is 0 Å². The molecular weight excluding hydrogens is 525 g/mol. The van der Waals surface area contributed by atoms with Gasteiger partial charge in [0.1, 0.15) is 19.6 Å². The zero-order valence-corrected chi connectivity index (χ0v) is 22.7. The van der Waals surface area contributed by atoms with Crippen LogP contribution in [-0.2, 0) is 20.7 Å². The number of morpholine rings is 1. The number of nitrogens with zero attached hydrogens (tertiary/aromatic N) is 2. The minimum atomic E-state index is -0.727. The van der Waals surface area contributed by atoms with E-state index in [1.165, 1.54) is 16.7 Å². The molecule has 1 atom stereocenters. The standard InChI is InChI=1S/C29H29Cl2N3O4/c1-33(28(35)18-24-23-17-25(30)26(31)19-27(23)38-32-29(24)36)34(13-15-37-16-14-34)12-11-20-7-9-22(10-8-20)21-5-3-2-4-6-21/h2-10,17,19,24H,11-16,18H2,1H3/p+1. The first kappa shape index (κ1) is 26.5. The highest BCUT2D eigenvalue weighted by atomic mass is 35.5. The lowest BCUT2D eigenvalue weighted by Gasteiger charge is -2.46. The molecule has 0 bridgehead atoms. The van der Waals surface area contributed by atoms with Crippen LogP contribution in [0.3, 0.4) is 0 Å². The van der Waals surface area contributed by atoms with E-state index in [9.17, 15) is 9.59 Å². The number of hydroxylamine groups is 1. The first-order valence-electron chi connectivity index (χ1n) is 12.7. The normalized spacial score (nSPS) is 18.2. The molecule has 38 heavy (non-hydrogen) atoms. The van der Waals surface area contributed by atoms with Crippen LogP contribution in [0.4, 0.5) is 0 Å². The maximum absolute atomic E-state index is 13.6. The summed E-state index contributed by atoms with van der Waals surface area (Å²) in [4.78, 5) is 31.6. The molecule has 2 amide bonds. The summed E-state index contributed by atoms with van der Waals surface area (Å²) in [5.74, 6) is -0.848. The number of fused-ring (bicyclic) bond motifs is 1. The van der Waals surface area contributed by atoms with Gasteiger partial charge in [-0.3, -0.25) is 9.59 Å². The average Bonchev–Trinajstić information content (AvgIpc) is 2.95. The Morgan fingerprint density at radius 2 is 1.66 bits per heavy atom. The highest BCUT2D eigenvalue weighted by Crippen LogP contribution is 2.38.